The zero-order valence-electron chi connectivity index (χ0n) is 13.0. The molecule has 1 N–H and O–H groups in total. The number of carbonyl (C=O) groups is 1. The van der Waals surface area contributed by atoms with E-state index in [0.717, 1.165) is 4.21 Å². The fourth-order valence-electron chi connectivity index (χ4n) is 2.00. The summed E-state index contributed by atoms with van der Waals surface area (Å²) in [6.07, 6.45) is 1.87. The van der Waals surface area contributed by atoms with Crippen molar-refractivity contribution < 1.29 is 14.3 Å². The first-order valence-corrected chi connectivity index (χ1v) is 8.88. The largest absolute Gasteiger partial charge is 0.495 e. The fourth-order valence-corrected chi connectivity index (χ4v) is 3.77. The smallest absolute Gasteiger partial charge is 0.350 e. The summed E-state index contributed by atoms with van der Waals surface area (Å²) in [6, 6.07) is 9.50. The van der Waals surface area contributed by atoms with Gasteiger partial charge in [-0.15, -0.1) is 23.1 Å². The van der Waals surface area contributed by atoms with E-state index in [4.69, 9.17) is 9.47 Å². The molecular weight excluding hydrogens is 332 g/mol. The number of thioether (sulfide) groups is 1. The van der Waals surface area contributed by atoms with Crippen molar-refractivity contribution in [2.75, 3.05) is 25.3 Å². The molecular formula is C16H16N2O3S2. The molecule has 2 aromatic rings. The number of benzene rings is 1. The number of methoxy groups -OCH3 is 1. The Hall–Kier alpha value is -2.17. The van der Waals surface area contributed by atoms with E-state index >= 15 is 0 Å². The van der Waals surface area contributed by atoms with Gasteiger partial charge in [0.25, 0.3) is 0 Å². The lowest BCUT2D eigenvalue weighted by Gasteiger charge is -2.11. The first-order chi connectivity index (χ1) is 11.2. The average Bonchev–Trinajstić information content (AvgIpc) is 2.93. The summed E-state index contributed by atoms with van der Waals surface area (Å²) >= 11 is 2.68. The highest BCUT2D eigenvalue weighted by atomic mass is 32.2. The highest BCUT2D eigenvalue weighted by Crippen LogP contribution is 2.41. The number of para-hydroxylation sites is 2. The van der Waals surface area contributed by atoms with Crippen LogP contribution < -0.4 is 10.1 Å². The van der Waals surface area contributed by atoms with Crippen molar-refractivity contribution in [1.82, 2.24) is 0 Å². The summed E-state index contributed by atoms with van der Waals surface area (Å²) in [6.45, 7) is 2.03. The van der Waals surface area contributed by atoms with Crippen molar-refractivity contribution in [1.29, 1.82) is 5.26 Å². The van der Waals surface area contributed by atoms with E-state index in [-0.39, 0.29) is 6.61 Å². The van der Waals surface area contributed by atoms with E-state index in [1.54, 1.807) is 20.1 Å². The van der Waals surface area contributed by atoms with Crippen LogP contribution in [0.25, 0.3) is 0 Å². The van der Waals surface area contributed by atoms with Gasteiger partial charge in [0.1, 0.15) is 22.3 Å². The highest BCUT2D eigenvalue weighted by Gasteiger charge is 2.24. The van der Waals surface area contributed by atoms with Crippen molar-refractivity contribution in [3.63, 3.8) is 0 Å². The Morgan fingerprint density at radius 3 is 2.78 bits per heavy atom. The molecule has 0 saturated heterocycles. The molecule has 0 spiro atoms. The SMILES string of the molecule is CCOC(=O)c1sc(SC)c(C#N)c1Nc1ccccc1OC. The monoisotopic (exact) mass is 348 g/mol. The number of hydrogen-bond donors (Lipinski definition) is 1. The van der Waals surface area contributed by atoms with Gasteiger partial charge in [0.05, 0.1) is 29.3 Å². The summed E-state index contributed by atoms with van der Waals surface area (Å²) in [5, 5.41) is 12.6. The summed E-state index contributed by atoms with van der Waals surface area (Å²) in [7, 11) is 1.57. The number of anilines is 2. The maximum absolute atomic E-state index is 12.2. The van der Waals surface area contributed by atoms with Crippen LogP contribution in [0.3, 0.4) is 0 Å². The maximum atomic E-state index is 12.2. The minimum absolute atomic E-state index is 0.279. The van der Waals surface area contributed by atoms with Crippen LogP contribution in [0.5, 0.6) is 5.75 Å². The van der Waals surface area contributed by atoms with Crippen molar-refractivity contribution in [2.24, 2.45) is 0 Å². The Morgan fingerprint density at radius 2 is 2.17 bits per heavy atom. The third kappa shape index (κ3) is 3.60. The van der Waals surface area contributed by atoms with Gasteiger partial charge in [-0.3, -0.25) is 0 Å². The Balaban J connectivity index is 2.53. The second kappa shape index (κ2) is 7.90. The van der Waals surface area contributed by atoms with Crippen molar-refractivity contribution in [3.8, 4) is 11.8 Å². The number of ether oxygens (including phenoxy) is 2. The minimum atomic E-state index is -0.438. The Kier molecular flexibility index (Phi) is 5.90. The second-order valence-electron chi connectivity index (χ2n) is 4.33. The molecule has 2 rings (SSSR count). The number of thiophene rings is 1. The quantitative estimate of drug-likeness (QED) is 0.621. The molecule has 0 aliphatic rings. The number of carbonyl (C=O) groups excluding carboxylic acids is 1. The lowest BCUT2D eigenvalue weighted by Crippen LogP contribution is -2.06. The molecule has 0 fully saturated rings. The van der Waals surface area contributed by atoms with Crippen molar-refractivity contribution in [3.05, 3.63) is 34.7 Å². The zero-order valence-corrected chi connectivity index (χ0v) is 14.6. The number of nitrogens with zero attached hydrogens (tertiary/aromatic N) is 1. The molecule has 5 nitrogen and oxygen atoms in total. The first-order valence-electron chi connectivity index (χ1n) is 6.84. The third-order valence-electron chi connectivity index (χ3n) is 3.00. The molecule has 0 unspecified atom stereocenters. The van der Waals surface area contributed by atoms with E-state index in [1.165, 1.54) is 23.1 Å². The van der Waals surface area contributed by atoms with Gasteiger partial charge in [0, 0.05) is 0 Å². The lowest BCUT2D eigenvalue weighted by atomic mass is 10.2. The van der Waals surface area contributed by atoms with Crippen LogP contribution in [-0.2, 0) is 4.74 Å². The van der Waals surface area contributed by atoms with Gasteiger partial charge in [-0.2, -0.15) is 5.26 Å². The first kappa shape index (κ1) is 17.2. The molecule has 0 radical (unpaired) electrons. The number of esters is 1. The minimum Gasteiger partial charge on any atom is -0.495 e. The molecule has 0 aliphatic carbocycles. The molecule has 1 aromatic heterocycles. The number of nitrogens with one attached hydrogen (secondary N) is 1. The zero-order chi connectivity index (χ0) is 16.8. The highest BCUT2D eigenvalue weighted by molar-refractivity contribution is 8.00. The molecule has 0 aliphatic heterocycles. The number of rotatable bonds is 6. The fraction of sp³-hybridized carbons (Fsp3) is 0.250. The molecule has 7 heteroatoms. The van der Waals surface area contributed by atoms with Gasteiger partial charge in [-0.05, 0) is 25.3 Å². The van der Waals surface area contributed by atoms with E-state index < -0.39 is 5.97 Å². The van der Waals surface area contributed by atoms with Crippen LogP contribution in [0.1, 0.15) is 22.2 Å². The van der Waals surface area contributed by atoms with Gasteiger partial charge in [-0.1, -0.05) is 12.1 Å². The molecule has 23 heavy (non-hydrogen) atoms. The Labute approximate surface area is 143 Å². The number of nitriles is 1. The van der Waals surface area contributed by atoms with Crippen LogP contribution >= 0.6 is 23.1 Å². The summed E-state index contributed by atoms with van der Waals surface area (Å²) in [4.78, 5) is 12.6. The van der Waals surface area contributed by atoms with Gasteiger partial charge in [0.15, 0.2) is 0 Å². The Morgan fingerprint density at radius 1 is 1.43 bits per heavy atom. The van der Waals surface area contributed by atoms with Gasteiger partial charge in [0.2, 0.25) is 0 Å². The van der Waals surface area contributed by atoms with Crippen LogP contribution in [-0.4, -0.2) is 25.9 Å². The van der Waals surface area contributed by atoms with E-state index in [9.17, 15) is 10.1 Å². The maximum Gasteiger partial charge on any atom is 0.350 e. The lowest BCUT2D eigenvalue weighted by molar-refractivity contribution is 0.0533. The van der Waals surface area contributed by atoms with Gasteiger partial charge >= 0.3 is 5.97 Å². The normalized spacial score (nSPS) is 10.0. The average molecular weight is 348 g/mol. The van der Waals surface area contributed by atoms with E-state index in [0.29, 0.717) is 27.6 Å². The summed E-state index contributed by atoms with van der Waals surface area (Å²) in [5.74, 6) is 0.190. The summed E-state index contributed by atoms with van der Waals surface area (Å²) < 4.78 is 11.2. The molecule has 1 aromatic carbocycles. The molecule has 120 valence electrons. The molecule has 0 amide bonds. The molecule has 0 saturated carbocycles. The van der Waals surface area contributed by atoms with Crippen LogP contribution in [0.4, 0.5) is 11.4 Å². The Bertz CT molecular complexity index is 750. The second-order valence-corrected chi connectivity index (χ2v) is 6.43. The van der Waals surface area contributed by atoms with Crippen molar-refractivity contribution in [2.45, 2.75) is 11.1 Å². The predicted molar refractivity (Wildman–Crippen MR) is 93.0 cm³/mol. The van der Waals surface area contributed by atoms with Gasteiger partial charge < -0.3 is 14.8 Å². The molecule has 0 bridgehead atoms. The topological polar surface area (TPSA) is 71.4 Å². The molecule has 0 atom stereocenters. The van der Waals surface area contributed by atoms with Crippen LogP contribution in [0.2, 0.25) is 0 Å². The number of hydrogen-bond acceptors (Lipinski definition) is 7. The van der Waals surface area contributed by atoms with Gasteiger partial charge in [-0.25, -0.2) is 4.79 Å². The third-order valence-corrected chi connectivity index (χ3v) is 5.29. The predicted octanol–water partition coefficient (Wildman–Crippen LogP) is 4.27. The van der Waals surface area contributed by atoms with E-state index in [1.807, 2.05) is 24.5 Å². The standard InChI is InChI=1S/C16H16N2O3S2/c1-4-21-15(19)14-13(10(9-17)16(22-3)23-14)18-11-7-5-6-8-12(11)20-2/h5-8,18H,4H2,1-3H3. The van der Waals surface area contributed by atoms with E-state index in [2.05, 4.69) is 11.4 Å². The summed E-state index contributed by atoms with van der Waals surface area (Å²) in [5.41, 5.74) is 1.59. The van der Waals surface area contributed by atoms with Crippen molar-refractivity contribution >= 4 is 40.4 Å². The molecule has 1 heterocycles. The van der Waals surface area contributed by atoms with Crippen LogP contribution in [0, 0.1) is 11.3 Å². The van der Waals surface area contributed by atoms with Crippen LogP contribution in [0.15, 0.2) is 28.5 Å².